The minimum Gasteiger partial charge on any atom is -0.389 e. The molecule has 2 bridgehead atoms. The molecule has 2 fully saturated rings. The second-order valence-electron chi connectivity index (χ2n) is 9.67. The fourth-order valence-corrected chi connectivity index (χ4v) is 7.23. The Morgan fingerprint density at radius 2 is 1.85 bits per heavy atom. The third-order valence-corrected chi connectivity index (χ3v) is 9.44. The first-order valence-corrected chi connectivity index (χ1v) is 12.6. The Morgan fingerprint density at radius 3 is 2.42 bits per heavy atom. The molecule has 0 spiro atoms. The van der Waals surface area contributed by atoms with Gasteiger partial charge in [0.15, 0.2) is 11.6 Å². The summed E-state index contributed by atoms with van der Waals surface area (Å²) in [6.45, 7) is 3.77. The number of rotatable bonds is 5. The molecule has 0 heterocycles. The molecule has 2 unspecified atom stereocenters. The monoisotopic (exact) mass is 473 g/mol. The fourth-order valence-electron chi connectivity index (χ4n) is 5.40. The third-order valence-electron chi connectivity index (χ3n) is 7.52. The lowest BCUT2D eigenvalue weighted by Crippen LogP contribution is -2.61. The summed E-state index contributed by atoms with van der Waals surface area (Å²) >= 11 is 0. The van der Waals surface area contributed by atoms with Crippen molar-refractivity contribution in [1.82, 2.24) is 0 Å². The molecule has 5 nitrogen and oxygen atoms in total. The molecular formula is C25H25F2NO4S. The lowest BCUT2D eigenvalue weighted by molar-refractivity contribution is -0.165. The summed E-state index contributed by atoms with van der Waals surface area (Å²) in [5.74, 6) is -2.71. The molecule has 2 saturated carbocycles. The van der Waals surface area contributed by atoms with Crippen LogP contribution in [0.2, 0.25) is 0 Å². The predicted molar refractivity (Wildman–Crippen MR) is 119 cm³/mol. The molecule has 2 N–H and O–H groups in total. The van der Waals surface area contributed by atoms with Crippen LogP contribution in [0.15, 0.2) is 52.3 Å². The van der Waals surface area contributed by atoms with Crippen LogP contribution in [0.3, 0.4) is 0 Å². The summed E-state index contributed by atoms with van der Waals surface area (Å²) in [6, 6.07) is 7.62. The predicted octanol–water partition coefficient (Wildman–Crippen LogP) is 4.79. The fraction of sp³-hybridized carbons (Fsp3) is 0.400. The van der Waals surface area contributed by atoms with Crippen LogP contribution in [0.25, 0.3) is 0 Å². The number of carbonyl (C=O) groups is 1. The number of sulfone groups is 1. The van der Waals surface area contributed by atoms with E-state index in [1.165, 1.54) is 12.1 Å². The van der Waals surface area contributed by atoms with E-state index >= 15 is 0 Å². The van der Waals surface area contributed by atoms with Crippen LogP contribution in [-0.2, 0) is 9.84 Å². The zero-order valence-electron chi connectivity index (χ0n) is 18.3. The van der Waals surface area contributed by atoms with Gasteiger partial charge in [-0.05, 0) is 73.8 Å². The van der Waals surface area contributed by atoms with E-state index in [-0.39, 0.29) is 46.2 Å². The summed E-state index contributed by atoms with van der Waals surface area (Å²) in [5, 5.41) is 13.1. The number of nitrogens with one attached hydrogen (secondary N) is 1. The van der Waals surface area contributed by atoms with Crippen molar-refractivity contribution < 1.29 is 27.1 Å². The molecule has 0 aliphatic heterocycles. The molecule has 0 saturated heterocycles. The van der Waals surface area contributed by atoms with Crippen molar-refractivity contribution in [2.24, 2.45) is 17.8 Å². The van der Waals surface area contributed by atoms with Crippen LogP contribution < -0.4 is 5.32 Å². The molecule has 1 amide bonds. The van der Waals surface area contributed by atoms with E-state index in [9.17, 15) is 27.1 Å². The minimum absolute atomic E-state index is 0.0703. The lowest BCUT2D eigenvalue weighted by Gasteiger charge is -2.58. The summed E-state index contributed by atoms with van der Waals surface area (Å²) in [5.41, 5.74) is -0.0194. The molecule has 8 heteroatoms. The number of amides is 1. The molecule has 4 aliphatic rings. The van der Waals surface area contributed by atoms with Gasteiger partial charge in [0.1, 0.15) is 0 Å². The first kappa shape index (κ1) is 22.2. The molecule has 6 rings (SSSR count). The maximum absolute atomic E-state index is 13.7. The lowest BCUT2D eigenvalue weighted by atomic mass is 9.51. The van der Waals surface area contributed by atoms with Crippen molar-refractivity contribution in [1.29, 1.82) is 0 Å². The first-order chi connectivity index (χ1) is 15.5. The Hall–Kier alpha value is -2.58. The van der Waals surface area contributed by atoms with E-state index in [1.54, 1.807) is 25.1 Å². The normalized spacial score (nSPS) is 28.6. The molecule has 4 aliphatic carbocycles. The molecule has 0 aromatic heterocycles. The number of hydrogen-bond donors (Lipinski definition) is 2. The largest absolute Gasteiger partial charge is 0.389 e. The van der Waals surface area contributed by atoms with Crippen molar-refractivity contribution in [2.75, 3.05) is 5.32 Å². The highest BCUT2D eigenvalue weighted by molar-refractivity contribution is 7.95. The van der Waals surface area contributed by atoms with Crippen LogP contribution >= 0.6 is 0 Å². The Balaban J connectivity index is 1.49. The molecular weight excluding hydrogens is 448 g/mol. The molecule has 4 atom stereocenters. The molecule has 0 radical (unpaired) electrons. The van der Waals surface area contributed by atoms with E-state index in [0.717, 1.165) is 25.0 Å². The number of aliphatic hydroxyl groups is 1. The Morgan fingerprint density at radius 1 is 1.12 bits per heavy atom. The maximum atomic E-state index is 13.7. The van der Waals surface area contributed by atoms with Gasteiger partial charge in [-0.2, -0.15) is 0 Å². The Kier molecular flexibility index (Phi) is 5.03. The zero-order valence-corrected chi connectivity index (χ0v) is 19.1. The van der Waals surface area contributed by atoms with Crippen molar-refractivity contribution in [3.05, 3.63) is 70.1 Å². The van der Waals surface area contributed by atoms with E-state index in [4.69, 9.17) is 0 Å². The van der Waals surface area contributed by atoms with Gasteiger partial charge < -0.3 is 10.4 Å². The van der Waals surface area contributed by atoms with Crippen molar-refractivity contribution >= 4 is 21.4 Å². The number of allylic oxidation sites excluding steroid dienone is 1. The number of hydrogen-bond acceptors (Lipinski definition) is 4. The van der Waals surface area contributed by atoms with Gasteiger partial charge in [-0.25, -0.2) is 17.2 Å². The highest BCUT2D eigenvalue weighted by atomic mass is 32.2. The topological polar surface area (TPSA) is 83.5 Å². The minimum atomic E-state index is -3.85. The number of halogens is 2. The standard InChI is InChI=1S/C25H25F2NO4S/c1-13-19-11-17(12-20(13)25(19,2)30)33(31,32)23-9-15(5-7-18(23)14-3-4-14)24(29)28-16-6-8-21(26)22(27)10-16/h5-11,13-14,19-20,30H,3-4,12H2,1-2H3,(H,28,29)/t13-,19?,20?,25+/m0/s1. The highest BCUT2D eigenvalue weighted by Crippen LogP contribution is 2.57. The molecule has 33 heavy (non-hydrogen) atoms. The number of anilines is 1. The summed E-state index contributed by atoms with van der Waals surface area (Å²) in [7, 11) is -3.85. The second-order valence-corrected chi connectivity index (χ2v) is 11.6. The van der Waals surface area contributed by atoms with Gasteiger partial charge in [-0.15, -0.1) is 0 Å². The van der Waals surface area contributed by atoms with Crippen LogP contribution in [-0.4, -0.2) is 25.0 Å². The number of fused-ring (bicyclic) bond motifs is 1. The Labute approximate surface area is 191 Å². The second kappa shape index (κ2) is 7.46. The van der Waals surface area contributed by atoms with Crippen LogP contribution in [0.1, 0.15) is 54.9 Å². The molecule has 2 aromatic rings. The smallest absolute Gasteiger partial charge is 0.255 e. The van der Waals surface area contributed by atoms with Crippen LogP contribution in [0.5, 0.6) is 0 Å². The van der Waals surface area contributed by atoms with Crippen molar-refractivity contribution in [2.45, 2.75) is 49.5 Å². The third kappa shape index (κ3) is 3.60. The average molecular weight is 474 g/mol. The van der Waals surface area contributed by atoms with E-state index in [0.29, 0.717) is 10.5 Å². The number of benzene rings is 2. The van der Waals surface area contributed by atoms with Crippen LogP contribution in [0, 0.1) is 29.4 Å². The average Bonchev–Trinajstić information content (AvgIpc) is 3.61. The Bertz CT molecular complexity index is 1300. The van der Waals surface area contributed by atoms with Gasteiger partial charge in [0.05, 0.1) is 10.5 Å². The van der Waals surface area contributed by atoms with Crippen LogP contribution in [0.4, 0.5) is 14.5 Å². The number of carbonyl (C=O) groups excluding carboxylic acids is 1. The molecule has 174 valence electrons. The first-order valence-electron chi connectivity index (χ1n) is 11.1. The van der Waals surface area contributed by atoms with Crippen molar-refractivity contribution in [3.63, 3.8) is 0 Å². The maximum Gasteiger partial charge on any atom is 0.255 e. The van der Waals surface area contributed by atoms with Gasteiger partial charge >= 0.3 is 0 Å². The van der Waals surface area contributed by atoms with E-state index in [1.807, 2.05) is 6.92 Å². The van der Waals surface area contributed by atoms with E-state index in [2.05, 4.69) is 5.32 Å². The quantitative estimate of drug-likeness (QED) is 0.654. The van der Waals surface area contributed by atoms with Crippen molar-refractivity contribution in [3.8, 4) is 0 Å². The SMILES string of the molecule is C[C@H]1C2C=C(S(=O)(=O)c3cc(C(=O)Nc4ccc(F)c(F)c4)ccc3C3CC3)CC1[C@]2(C)O. The van der Waals surface area contributed by atoms with Gasteiger partial charge in [0, 0.05) is 28.1 Å². The summed E-state index contributed by atoms with van der Waals surface area (Å²) < 4.78 is 54.0. The van der Waals surface area contributed by atoms with Gasteiger partial charge in [0.2, 0.25) is 9.84 Å². The summed E-state index contributed by atoms with van der Waals surface area (Å²) in [4.78, 5) is 13.2. The zero-order chi connectivity index (χ0) is 23.7. The highest BCUT2D eigenvalue weighted by Gasteiger charge is 2.58. The molecule has 2 aromatic carbocycles. The van der Waals surface area contributed by atoms with Gasteiger partial charge in [-0.1, -0.05) is 19.1 Å². The van der Waals surface area contributed by atoms with E-state index < -0.39 is 33.0 Å². The van der Waals surface area contributed by atoms with Gasteiger partial charge in [0.25, 0.3) is 5.91 Å². The summed E-state index contributed by atoms with van der Waals surface area (Å²) in [6.07, 6.45) is 3.73. The van der Waals surface area contributed by atoms with Gasteiger partial charge in [-0.3, -0.25) is 4.79 Å².